The van der Waals surface area contributed by atoms with E-state index in [1.807, 2.05) is 7.11 Å². The topological polar surface area (TPSA) is 29.5 Å². The van der Waals surface area contributed by atoms with Crippen LogP contribution in [-0.4, -0.2) is 24.9 Å². The zero-order valence-corrected chi connectivity index (χ0v) is 12.4. The third-order valence-corrected chi connectivity index (χ3v) is 6.64. The molecule has 2 heteroatoms. The molecule has 0 amide bonds. The highest BCUT2D eigenvalue weighted by atomic mass is 16.5. The van der Waals surface area contributed by atoms with E-state index in [0.717, 1.165) is 12.3 Å². The van der Waals surface area contributed by atoms with Crippen LogP contribution in [0.5, 0.6) is 0 Å². The molecule has 0 aromatic heterocycles. The molecule has 3 aliphatic rings. The fourth-order valence-corrected chi connectivity index (χ4v) is 5.56. The van der Waals surface area contributed by atoms with Crippen LogP contribution in [0, 0.1) is 29.1 Å². The maximum absolute atomic E-state index is 9.60. The highest BCUT2D eigenvalue weighted by Crippen LogP contribution is 2.66. The summed E-state index contributed by atoms with van der Waals surface area (Å²) in [5, 5.41) is 9.60. The Morgan fingerprint density at radius 3 is 2.58 bits per heavy atom. The molecule has 5 atom stereocenters. The molecule has 3 rings (SSSR count). The summed E-state index contributed by atoms with van der Waals surface area (Å²) in [6.45, 7) is 7.20. The van der Waals surface area contributed by atoms with E-state index < -0.39 is 0 Å². The molecule has 0 aliphatic heterocycles. The van der Waals surface area contributed by atoms with Crippen LogP contribution >= 0.6 is 0 Å². The fraction of sp³-hybridized carbons (Fsp3) is 0.882. The number of fused-ring (bicyclic) bond motifs is 2. The molecule has 0 aromatic carbocycles. The summed E-state index contributed by atoms with van der Waals surface area (Å²) < 4.78 is 5.81. The molecule has 0 saturated heterocycles. The number of rotatable bonds is 3. The third kappa shape index (κ3) is 1.76. The minimum absolute atomic E-state index is 0.261. The fourth-order valence-electron chi connectivity index (χ4n) is 5.56. The van der Waals surface area contributed by atoms with Crippen molar-refractivity contribution in [3.8, 4) is 0 Å². The number of hydrogen-bond acceptors (Lipinski definition) is 2. The van der Waals surface area contributed by atoms with Gasteiger partial charge in [-0.05, 0) is 42.4 Å². The smallest absolute Gasteiger partial charge is 0.0676 e. The van der Waals surface area contributed by atoms with Gasteiger partial charge in [0.15, 0.2) is 0 Å². The average molecular weight is 264 g/mol. The summed E-state index contributed by atoms with van der Waals surface area (Å²) in [5.74, 6) is 2.15. The van der Waals surface area contributed by atoms with E-state index >= 15 is 0 Å². The van der Waals surface area contributed by atoms with E-state index in [-0.39, 0.29) is 5.41 Å². The van der Waals surface area contributed by atoms with E-state index in [9.17, 15) is 5.11 Å². The van der Waals surface area contributed by atoms with Gasteiger partial charge in [0.2, 0.25) is 0 Å². The van der Waals surface area contributed by atoms with Crippen molar-refractivity contribution in [3.05, 3.63) is 12.2 Å². The minimum Gasteiger partial charge on any atom is -0.396 e. The van der Waals surface area contributed by atoms with Crippen molar-refractivity contribution in [1.82, 2.24) is 0 Å². The Kier molecular flexibility index (Phi) is 3.51. The van der Waals surface area contributed by atoms with Crippen molar-refractivity contribution in [3.63, 3.8) is 0 Å². The summed E-state index contributed by atoms with van der Waals surface area (Å²) in [7, 11) is 1.84. The molecule has 0 spiro atoms. The van der Waals surface area contributed by atoms with E-state index in [2.05, 4.69) is 13.5 Å². The van der Waals surface area contributed by atoms with Gasteiger partial charge in [0.1, 0.15) is 0 Å². The predicted molar refractivity (Wildman–Crippen MR) is 76.8 cm³/mol. The van der Waals surface area contributed by atoms with E-state index in [4.69, 9.17) is 4.74 Å². The SMILES string of the molecule is C=C1[C@H]2[C@@H](CO)C[C@H]([C@@H]2OC)[C@]1(C)C1CCCCC1. The highest BCUT2D eigenvalue weighted by molar-refractivity contribution is 5.31. The first-order valence-corrected chi connectivity index (χ1v) is 7.97. The van der Waals surface area contributed by atoms with Crippen molar-refractivity contribution in [1.29, 1.82) is 0 Å². The number of methoxy groups -OCH3 is 1. The number of aliphatic hydroxyl groups is 1. The van der Waals surface area contributed by atoms with Crippen LogP contribution in [0.3, 0.4) is 0 Å². The molecule has 108 valence electrons. The van der Waals surface area contributed by atoms with Gasteiger partial charge in [-0.15, -0.1) is 0 Å². The van der Waals surface area contributed by atoms with Crippen LogP contribution in [0.2, 0.25) is 0 Å². The normalized spacial score (nSPS) is 47.0. The molecule has 2 nitrogen and oxygen atoms in total. The summed E-state index contributed by atoms with van der Waals surface area (Å²) in [4.78, 5) is 0. The molecule has 19 heavy (non-hydrogen) atoms. The van der Waals surface area contributed by atoms with Crippen LogP contribution in [0.1, 0.15) is 45.4 Å². The molecule has 3 saturated carbocycles. The number of ether oxygens (including phenoxy) is 1. The Labute approximate surface area is 117 Å². The Hall–Kier alpha value is -0.340. The predicted octanol–water partition coefficient (Wildman–Crippen LogP) is 3.40. The summed E-state index contributed by atoms with van der Waals surface area (Å²) in [5.41, 5.74) is 1.65. The van der Waals surface area contributed by atoms with Crippen LogP contribution in [0.25, 0.3) is 0 Å². The second-order valence-electron chi connectivity index (χ2n) is 7.15. The van der Waals surface area contributed by atoms with Crippen molar-refractivity contribution in [2.45, 2.75) is 51.6 Å². The lowest BCUT2D eigenvalue weighted by Crippen LogP contribution is -2.39. The van der Waals surface area contributed by atoms with Crippen LogP contribution < -0.4 is 0 Å². The third-order valence-electron chi connectivity index (χ3n) is 6.64. The van der Waals surface area contributed by atoms with Gasteiger partial charge in [-0.3, -0.25) is 0 Å². The summed E-state index contributed by atoms with van der Waals surface area (Å²) in [6.07, 6.45) is 8.32. The van der Waals surface area contributed by atoms with E-state index in [1.54, 1.807) is 0 Å². The molecule has 0 aromatic rings. The van der Waals surface area contributed by atoms with Gasteiger partial charge in [0, 0.05) is 19.6 Å². The van der Waals surface area contributed by atoms with Gasteiger partial charge in [-0.25, -0.2) is 0 Å². The second kappa shape index (κ2) is 4.89. The van der Waals surface area contributed by atoms with Gasteiger partial charge in [-0.2, -0.15) is 0 Å². The Morgan fingerprint density at radius 2 is 2.00 bits per heavy atom. The minimum atomic E-state index is 0.261. The lowest BCUT2D eigenvalue weighted by atomic mass is 9.59. The Morgan fingerprint density at radius 1 is 1.32 bits per heavy atom. The van der Waals surface area contributed by atoms with Gasteiger partial charge in [0.05, 0.1) is 6.10 Å². The summed E-state index contributed by atoms with van der Waals surface area (Å²) in [6, 6.07) is 0. The van der Waals surface area contributed by atoms with Gasteiger partial charge >= 0.3 is 0 Å². The lowest BCUT2D eigenvalue weighted by Gasteiger charge is -2.46. The molecular weight excluding hydrogens is 236 g/mol. The number of hydrogen-bond donors (Lipinski definition) is 1. The van der Waals surface area contributed by atoms with Crippen molar-refractivity contribution in [2.24, 2.45) is 29.1 Å². The maximum atomic E-state index is 9.60. The molecule has 3 fully saturated rings. The zero-order chi connectivity index (χ0) is 13.6. The van der Waals surface area contributed by atoms with Gasteiger partial charge in [-0.1, -0.05) is 38.3 Å². The van der Waals surface area contributed by atoms with Crippen molar-refractivity contribution < 1.29 is 9.84 Å². The monoisotopic (exact) mass is 264 g/mol. The molecular formula is C17H28O2. The number of aliphatic hydroxyl groups excluding tert-OH is 1. The van der Waals surface area contributed by atoms with E-state index in [1.165, 1.54) is 37.7 Å². The highest BCUT2D eigenvalue weighted by Gasteiger charge is 2.63. The first kappa shape index (κ1) is 13.6. The van der Waals surface area contributed by atoms with Crippen LogP contribution in [-0.2, 0) is 4.74 Å². The molecule has 0 radical (unpaired) electrons. The molecule has 2 bridgehead atoms. The zero-order valence-electron chi connectivity index (χ0n) is 12.4. The quantitative estimate of drug-likeness (QED) is 0.792. The first-order valence-electron chi connectivity index (χ1n) is 7.97. The molecule has 3 aliphatic carbocycles. The van der Waals surface area contributed by atoms with Gasteiger partial charge < -0.3 is 9.84 Å². The molecule has 0 heterocycles. The van der Waals surface area contributed by atoms with Crippen molar-refractivity contribution >= 4 is 0 Å². The second-order valence-corrected chi connectivity index (χ2v) is 7.15. The molecule has 0 unspecified atom stereocenters. The lowest BCUT2D eigenvalue weighted by molar-refractivity contribution is 0.0239. The van der Waals surface area contributed by atoms with Crippen LogP contribution in [0.15, 0.2) is 12.2 Å². The largest absolute Gasteiger partial charge is 0.396 e. The van der Waals surface area contributed by atoms with Gasteiger partial charge in [0.25, 0.3) is 0 Å². The average Bonchev–Trinajstić information content (AvgIpc) is 2.93. The van der Waals surface area contributed by atoms with Crippen LogP contribution in [0.4, 0.5) is 0 Å². The standard InChI is InChI=1S/C17H28O2/c1-11-15-12(10-18)9-14(16(15)19-3)17(11,2)13-7-5-4-6-8-13/h12-16,18H,1,4-10H2,2-3H3/t12-,14-,15+,16+,17+/m1/s1. The van der Waals surface area contributed by atoms with Crippen molar-refractivity contribution in [2.75, 3.05) is 13.7 Å². The summed E-state index contributed by atoms with van der Waals surface area (Å²) >= 11 is 0. The first-order chi connectivity index (χ1) is 9.14. The van der Waals surface area contributed by atoms with E-state index in [0.29, 0.717) is 30.5 Å². The Bertz CT molecular complexity index is 358. The molecule has 1 N–H and O–H groups in total. The Balaban J connectivity index is 1.89. The maximum Gasteiger partial charge on any atom is 0.0676 e.